The topological polar surface area (TPSA) is 34.1 Å². The molecule has 0 aliphatic rings. The first-order valence-electron chi connectivity index (χ1n) is 13.9. The van der Waals surface area contributed by atoms with Crippen LogP contribution in [-0.4, -0.2) is 12.1 Å². The summed E-state index contributed by atoms with van der Waals surface area (Å²) < 4.78 is 0. The summed E-state index contributed by atoms with van der Waals surface area (Å²) in [4.78, 5) is 22.1. The predicted molar refractivity (Wildman–Crippen MR) is 155 cm³/mol. The molecule has 2 heteroatoms. The molecule has 0 heterocycles. The van der Waals surface area contributed by atoms with Crippen molar-refractivity contribution >= 4 is 12.1 Å². The maximum absolute atomic E-state index is 11.9. The molecule has 0 saturated heterocycles. The van der Waals surface area contributed by atoms with E-state index in [0.29, 0.717) is 12.8 Å². The van der Waals surface area contributed by atoms with Crippen molar-refractivity contribution < 1.29 is 9.59 Å². The molecule has 0 amide bonds. The van der Waals surface area contributed by atoms with Crippen LogP contribution in [0, 0.1) is 0 Å². The second-order valence-corrected chi connectivity index (χ2v) is 8.84. The van der Waals surface area contributed by atoms with E-state index in [1.165, 1.54) is 44.9 Å². The average molecular weight is 479 g/mol. The van der Waals surface area contributed by atoms with Crippen molar-refractivity contribution in [1.29, 1.82) is 0 Å². The summed E-state index contributed by atoms with van der Waals surface area (Å²) in [5.74, 6) is 0.214. The Bertz CT molecular complexity index is 686. The minimum Gasteiger partial charge on any atom is -0.303 e. The molecule has 0 fully saturated rings. The van der Waals surface area contributed by atoms with Gasteiger partial charge in [0.25, 0.3) is 0 Å². The Morgan fingerprint density at radius 2 is 1.00 bits per heavy atom. The van der Waals surface area contributed by atoms with Gasteiger partial charge in [-0.2, -0.15) is 0 Å². The van der Waals surface area contributed by atoms with E-state index in [1.54, 1.807) is 6.08 Å². The molecule has 35 heavy (non-hydrogen) atoms. The molecule has 2 nitrogen and oxygen atoms in total. The predicted octanol–water partition coefficient (Wildman–Crippen LogP) is 9.91. The van der Waals surface area contributed by atoms with Crippen LogP contribution in [0.5, 0.6) is 0 Å². The zero-order valence-corrected chi connectivity index (χ0v) is 22.3. The van der Waals surface area contributed by atoms with E-state index in [4.69, 9.17) is 0 Å². The first kappa shape index (κ1) is 32.5. The van der Waals surface area contributed by atoms with Gasteiger partial charge in [0.05, 0.1) is 0 Å². The number of carbonyl (C=O) groups is 2. The number of carbonyl (C=O) groups excluding carboxylic acids is 2. The third kappa shape index (κ3) is 29.5. The summed E-state index contributed by atoms with van der Waals surface area (Å²) in [6, 6.07) is 0. The number of hydrogen-bond donors (Lipinski definition) is 0. The van der Waals surface area contributed by atoms with E-state index in [2.05, 4.69) is 55.5 Å². The third-order valence-corrected chi connectivity index (χ3v) is 5.51. The van der Waals surface area contributed by atoms with Crippen LogP contribution in [-0.2, 0) is 9.59 Å². The zero-order valence-electron chi connectivity index (χ0n) is 22.3. The molecule has 0 atom stereocenters. The fourth-order valence-corrected chi connectivity index (χ4v) is 3.42. The Hall–Kier alpha value is -2.48. The van der Waals surface area contributed by atoms with E-state index in [-0.39, 0.29) is 5.78 Å². The fraction of sp³-hybridized carbons (Fsp3) is 0.515. The second kappa shape index (κ2) is 29.6. The lowest BCUT2D eigenvalue weighted by Gasteiger charge is -1.97. The summed E-state index contributed by atoms with van der Waals surface area (Å²) >= 11 is 0. The molecule has 0 bridgehead atoms. The third-order valence-electron chi connectivity index (χ3n) is 5.51. The average Bonchev–Trinajstić information content (AvgIpc) is 2.86. The van der Waals surface area contributed by atoms with Crippen molar-refractivity contribution in [3.8, 4) is 0 Å². The minimum absolute atomic E-state index is 0.214. The first-order chi connectivity index (χ1) is 17.3. The van der Waals surface area contributed by atoms with Gasteiger partial charge in [-0.05, 0) is 57.4 Å². The normalized spacial score (nSPS) is 12.8. The van der Waals surface area contributed by atoms with E-state index in [0.717, 1.165) is 51.2 Å². The van der Waals surface area contributed by atoms with E-state index < -0.39 is 0 Å². The van der Waals surface area contributed by atoms with Gasteiger partial charge in [0.2, 0.25) is 0 Å². The highest BCUT2D eigenvalue weighted by molar-refractivity contribution is 5.89. The molecule has 0 saturated carbocycles. The quantitative estimate of drug-likeness (QED) is 0.0598. The molecule has 0 rings (SSSR count). The van der Waals surface area contributed by atoms with Crippen molar-refractivity contribution in [2.75, 3.05) is 0 Å². The van der Waals surface area contributed by atoms with Crippen LogP contribution in [0.15, 0.2) is 85.1 Å². The van der Waals surface area contributed by atoms with Crippen LogP contribution < -0.4 is 0 Å². The van der Waals surface area contributed by atoms with Crippen molar-refractivity contribution in [1.82, 2.24) is 0 Å². The summed E-state index contributed by atoms with van der Waals surface area (Å²) in [6.07, 6.45) is 47.1. The molecule has 0 unspecified atom stereocenters. The maximum atomic E-state index is 11.9. The van der Waals surface area contributed by atoms with E-state index in [9.17, 15) is 9.59 Å². The fourth-order valence-electron chi connectivity index (χ4n) is 3.42. The summed E-state index contributed by atoms with van der Waals surface area (Å²) in [7, 11) is 0. The Morgan fingerprint density at radius 1 is 0.514 bits per heavy atom. The zero-order chi connectivity index (χ0) is 25.5. The largest absolute Gasteiger partial charge is 0.303 e. The van der Waals surface area contributed by atoms with Crippen LogP contribution in [0.1, 0.15) is 110 Å². The highest BCUT2D eigenvalue weighted by atomic mass is 16.1. The van der Waals surface area contributed by atoms with Crippen molar-refractivity contribution in [2.45, 2.75) is 110 Å². The number of hydrogen-bond acceptors (Lipinski definition) is 2. The summed E-state index contributed by atoms with van der Waals surface area (Å²) in [5, 5.41) is 0. The molecule has 0 aromatic carbocycles. The van der Waals surface area contributed by atoms with Crippen LogP contribution in [0.2, 0.25) is 0 Å². The van der Waals surface area contributed by atoms with Gasteiger partial charge in [-0.25, -0.2) is 0 Å². The molecule has 0 radical (unpaired) electrons. The number of rotatable bonds is 24. The van der Waals surface area contributed by atoms with Gasteiger partial charge < -0.3 is 4.79 Å². The summed E-state index contributed by atoms with van der Waals surface area (Å²) in [6.45, 7) is 2.26. The van der Waals surface area contributed by atoms with Crippen molar-refractivity contribution in [3.05, 3.63) is 85.1 Å². The monoisotopic (exact) mass is 478 g/mol. The highest BCUT2D eigenvalue weighted by Gasteiger charge is 1.95. The van der Waals surface area contributed by atoms with Gasteiger partial charge >= 0.3 is 0 Å². The lowest BCUT2D eigenvalue weighted by molar-refractivity contribution is -0.114. The molecule has 0 aliphatic carbocycles. The SMILES string of the molecule is CCCCCCCCC=CC=CC=CCCCCCC(=O)C=CC=CCCCC=CC=CCC=O. The van der Waals surface area contributed by atoms with Crippen LogP contribution in [0.25, 0.3) is 0 Å². The Kier molecular flexibility index (Phi) is 27.5. The molecule has 0 aliphatic heterocycles. The van der Waals surface area contributed by atoms with Crippen LogP contribution in [0.4, 0.5) is 0 Å². The number of allylic oxidation sites excluding steroid dienone is 14. The smallest absolute Gasteiger partial charge is 0.155 e. The maximum Gasteiger partial charge on any atom is 0.155 e. The standard InChI is InChI=1S/C33H50O2/c1-2-3-4-5-6-7-8-9-10-11-12-13-15-18-21-24-27-30-33(35)31-28-25-22-19-16-14-17-20-23-26-29-32-34/h9-13,15,17,20,22-23,25-26,28,31-32H,2-8,14,16,18-19,21,24,27,29-30H2,1H3. The molecular weight excluding hydrogens is 428 g/mol. The molecule has 194 valence electrons. The number of ketones is 1. The highest BCUT2D eigenvalue weighted by Crippen LogP contribution is 2.07. The molecule has 0 aromatic heterocycles. The molecular formula is C33H50O2. The van der Waals surface area contributed by atoms with E-state index >= 15 is 0 Å². The Morgan fingerprint density at radius 3 is 1.63 bits per heavy atom. The summed E-state index contributed by atoms with van der Waals surface area (Å²) in [5.41, 5.74) is 0. The van der Waals surface area contributed by atoms with Crippen LogP contribution >= 0.6 is 0 Å². The van der Waals surface area contributed by atoms with Crippen molar-refractivity contribution in [2.24, 2.45) is 0 Å². The van der Waals surface area contributed by atoms with Gasteiger partial charge in [0.1, 0.15) is 6.29 Å². The Labute approximate surface area is 216 Å². The van der Waals surface area contributed by atoms with Gasteiger partial charge in [-0.15, -0.1) is 0 Å². The Balaban J connectivity index is 3.56. The minimum atomic E-state index is 0.214. The lowest BCUT2D eigenvalue weighted by atomic mass is 10.1. The number of aldehydes is 1. The van der Waals surface area contributed by atoms with Crippen LogP contribution in [0.3, 0.4) is 0 Å². The van der Waals surface area contributed by atoms with Crippen molar-refractivity contribution in [3.63, 3.8) is 0 Å². The number of unbranched alkanes of at least 4 members (excludes halogenated alkanes) is 11. The second-order valence-electron chi connectivity index (χ2n) is 8.84. The molecule has 0 aromatic rings. The molecule has 0 spiro atoms. The van der Waals surface area contributed by atoms with Gasteiger partial charge in [-0.1, -0.05) is 124 Å². The lowest BCUT2D eigenvalue weighted by Crippen LogP contribution is -1.91. The van der Waals surface area contributed by atoms with Gasteiger partial charge in [-0.3, -0.25) is 4.79 Å². The first-order valence-corrected chi connectivity index (χ1v) is 13.9. The van der Waals surface area contributed by atoms with Gasteiger partial charge in [0.15, 0.2) is 5.78 Å². The van der Waals surface area contributed by atoms with Gasteiger partial charge in [0, 0.05) is 12.8 Å². The molecule has 0 N–H and O–H groups in total. The van der Waals surface area contributed by atoms with E-state index in [1.807, 2.05) is 30.4 Å².